The Morgan fingerprint density at radius 1 is 1.31 bits per heavy atom. The molecule has 3 unspecified atom stereocenters. The molecule has 0 N–H and O–H groups in total. The molecule has 2 bridgehead atoms. The van der Waals surface area contributed by atoms with E-state index in [1.165, 1.54) is 19.3 Å². The molecular weight excluding hydrogens is 198 g/mol. The van der Waals surface area contributed by atoms with Gasteiger partial charge in [0, 0.05) is 19.0 Å². The first-order valence-corrected chi connectivity index (χ1v) is 6.76. The molecule has 1 aliphatic heterocycles. The number of carbonyl (C=O) groups is 1. The Hall–Kier alpha value is -0.530. The van der Waals surface area contributed by atoms with Crippen LogP contribution in [-0.2, 0) is 4.79 Å². The molecule has 90 valence electrons. The van der Waals surface area contributed by atoms with E-state index < -0.39 is 0 Å². The molecule has 0 aromatic rings. The second-order valence-electron chi connectivity index (χ2n) is 6.82. The zero-order valence-electron chi connectivity index (χ0n) is 10.8. The maximum absolute atomic E-state index is 11.9. The predicted molar refractivity (Wildman–Crippen MR) is 64.0 cm³/mol. The van der Waals surface area contributed by atoms with Crippen LogP contribution in [0.2, 0.25) is 0 Å². The molecule has 2 saturated carbocycles. The number of hydrogen-bond acceptors (Lipinski definition) is 1. The van der Waals surface area contributed by atoms with Crippen LogP contribution in [0.1, 0.15) is 52.9 Å². The molecule has 3 aliphatic rings. The first-order valence-electron chi connectivity index (χ1n) is 6.76. The van der Waals surface area contributed by atoms with Crippen LogP contribution in [-0.4, -0.2) is 23.4 Å². The van der Waals surface area contributed by atoms with Crippen LogP contribution in [0, 0.1) is 16.7 Å². The summed E-state index contributed by atoms with van der Waals surface area (Å²) in [6.07, 6.45) is 5.82. The van der Waals surface area contributed by atoms with E-state index in [1.807, 2.05) is 0 Å². The summed E-state index contributed by atoms with van der Waals surface area (Å²) in [5, 5.41) is 0. The number of carbonyl (C=O) groups excluding carboxylic acids is 1. The Kier molecular flexibility index (Phi) is 2.01. The van der Waals surface area contributed by atoms with E-state index in [1.54, 1.807) is 0 Å². The van der Waals surface area contributed by atoms with Crippen molar-refractivity contribution in [1.29, 1.82) is 0 Å². The van der Waals surface area contributed by atoms with Gasteiger partial charge in [-0.3, -0.25) is 4.79 Å². The van der Waals surface area contributed by atoms with Gasteiger partial charge in [-0.2, -0.15) is 0 Å². The summed E-state index contributed by atoms with van der Waals surface area (Å²) in [6, 6.07) is 0.538. The van der Waals surface area contributed by atoms with Gasteiger partial charge in [-0.15, -0.1) is 0 Å². The van der Waals surface area contributed by atoms with Crippen LogP contribution >= 0.6 is 0 Å². The molecule has 0 spiro atoms. The summed E-state index contributed by atoms with van der Waals surface area (Å²) in [5.41, 5.74) is 0.804. The average Bonchev–Trinajstić information content (AvgIpc) is 2.77. The van der Waals surface area contributed by atoms with E-state index in [0.717, 1.165) is 25.3 Å². The smallest absolute Gasteiger partial charge is 0.222 e. The minimum atomic E-state index is 0.373. The number of amides is 1. The second kappa shape index (κ2) is 3.02. The largest absolute Gasteiger partial charge is 0.339 e. The van der Waals surface area contributed by atoms with Crippen molar-refractivity contribution in [2.45, 2.75) is 58.9 Å². The Morgan fingerprint density at radius 3 is 2.50 bits per heavy atom. The van der Waals surface area contributed by atoms with Gasteiger partial charge in [-0.1, -0.05) is 20.8 Å². The first-order chi connectivity index (χ1) is 7.47. The molecular formula is C14H23NO. The van der Waals surface area contributed by atoms with Gasteiger partial charge in [0.05, 0.1) is 0 Å². The van der Waals surface area contributed by atoms with Crippen molar-refractivity contribution in [3.8, 4) is 0 Å². The molecule has 0 aromatic heterocycles. The summed E-state index contributed by atoms with van der Waals surface area (Å²) in [5.74, 6) is 1.26. The second-order valence-corrected chi connectivity index (χ2v) is 6.82. The lowest BCUT2D eigenvalue weighted by Gasteiger charge is -2.43. The number of nitrogens with zero attached hydrogens (tertiary/aromatic N) is 1. The molecule has 0 radical (unpaired) electrons. The highest BCUT2D eigenvalue weighted by Crippen LogP contribution is 2.66. The van der Waals surface area contributed by atoms with Gasteiger partial charge < -0.3 is 4.90 Å². The monoisotopic (exact) mass is 221 g/mol. The van der Waals surface area contributed by atoms with Gasteiger partial charge in [0.2, 0.25) is 5.91 Å². The molecule has 1 heterocycles. The molecule has 16 heavy (non-hydrogen) atoms. The van der Waals surface area contributed by atoms with E-state index >= 15 is 0 Å². The minimum Gasteiger partial charge on any atom is -0.339 e. The molecule has 2 aliphatic carbocycles. The van der Waals surface area contributed by atoms with Crippen LogP contribution in [0.5, 0.6) is 0 Å². The van der Waals surface area contributed by atoms with Crippen LogP contribution in [0.25, 0.3) is 0 Å². The number of hydrogen-bond donors (Lipinski definition) is 0. The number of rotatable bonds is 1. The van der Waals surface area contributed by atoms with Crippen molar-refractivity contribution >= 4 is 5.91 Å². The predicted octanol–water partition coefficient (Wildman–Crippen LogP) is 2.82. The van der Waals surface area contributed by atoms with Crippen molar-refractivity contribution in [1.82, 2.24) is 4.90 Å². The molecule has 2 nitrogen and oxygen atoms in total. The van der Waals surface area contributed by atoms with E-state index in [-0.39, 0.29) is 0 Å². The third-order valence-electron chi connectivity index (χ3n) is 6.23. The SMILES string of the molecule is CC1(C)C2CCC1(C)C(N1CCCC1=O)C2. The van der Waals surface area contributed by atoms with Crippen molar-refractivity contribution in [2.75, 3.05) is 6.54 Å². The van der Waals surface area contributed by atoms with Crippen molar-refractivity contribution in [2.24, 2.45) is 16.7 Å². The van der Waals surface area contributed by atoms with Crippen LogP contribution in [0.15, 0.2) is 0 Å². The third kappa shape index (κ3) is 1.06. The van der Waals surface area contributed by atoms with E-state index in [4.69, 9.17) is 0 Å². The lowest BCUT2D eigenvalue weighted by Crippen LogP contribution is -2.47. The fourth-order valence-corrected chi connectivity index (χ4v) is 4.63. The van der Waals surface area contributed by atoms with Crippen molar-refractivity contribution < 1.29 is 4.79 Å². The third-order valence-corrected chi connectivity index (χ3v) is 6.23. The molecule has 3 rings (SSSR count). The highest BCUT2D eigenvalue weighted by atomic mass is 16.2. The standard InChI is InChI=1S/C14H23NO/c1-13(2)10-6-7-14(13,3)11(9-10)15-8-4-5-12(15)16/h10-11H,4-9H2,1-3H3. The summed E-state index contributed by atoms with van der Waals surface area (Å²) in [6.45, 7) is 8.29. The summed E-state index contributed by atoms with van der Waals surface area (Å²) >= 11 is 0. The van der Waals surface area contributed by atoms with Crippen molar-refractivity contribution in [3.63, 3.8) is 0 Å². The maximum Gasteiger partial charge on any atom is 0.222 e. The van der Waals surface area contributed by atoms with Gasteiger partial charge in [-0.25, -0.2) is 0 Å². The fourth-order valence-electron chi connectivity index (χ4n) is 4.63. The van der Waals surface area contributed by atoms with E-state index in [2.05, 4.69) is 25.7 Å². The normalized spacial score (nSPS) is 45.7. The first kappa shape index (κ1) is 10.6. The summed E-state index contributed by atoms with van der Waals surface area (Å²) in [7, 11) is 0. The fraction of sp³-hybridized carbons (Fsp3) is 0.929. The lowest BCUT2D eigenvalue weighted by molar-refractivity contribution is -0.132. The van der Waals surface area contributed by atoms with Gasteiger partial charge in [-0.05, 0) is 42.4 Å². The Bertz CT molecular complexity index is 336. The summed E-state index contributed by atoms with van der Waals surface area (Å²) in [4.78, 5) is 14.1. The molecule has 1 amide bonds. The van der Waals surface area contributed by atoms with Gasteiger partial charge in [0.15, 0.2) is 0 Å². The zero-order chi connectivity index (χ0) is 11.6. The highest BCUT2D eigenvalue weighted by molar-refractivity contribution is 5.78. The number of fused-ring (bicyclic) bond motifs is 2. The maximum atomic E-state index is 11.9. The quantitative estimate of drug-likeness (QED) is 0.666. The van der Waals surface area contributed by atoms with E-state index in [0.29, 0.717) is 22.8 Å². The highest BCUT2D eigenvalue weighted by Gasteiger charge is 2.63. The van der Waals surface area contributed by atoms with Gasteiger partial charge in [0.1, 0.15) is 0 Å². The summed E-state index contributed by atoms with van der Waals surface area (Å²) < 4.78 is 0. The Morgan fingerprint density at radius 2 is 2.06 bits per heavy atom. The zero-order valence-corrected chi connectivity index (χ0v) is 10.8. The van der Waals surface area contributed by atoms with Crippen LogP contribution < -0.4 is 0 Å². The Balaban J connectivity index is 1.92. The average molecular weight is 221 g/mol. The lowest BCUT2D eigenvalue weighted by atomic mass is 9.69. The van der Waals surface area contributed by atoms with Gasteiger partial charge in [0.25, 0.3) is 0 Å². The molecule has 0 aromatic carbocycles. The molecule has 1 saturated heterocycles. The van der Waals surface area contributed by atoms with Crippen LogP contribution in [0.4, 0.5) is 0 Å². The van der Waals surface area contributed by atoms with Crippen molar-refractivity contribution in [3.05, 3.63) is 0 Å². The topological polar surface area (TPSA) is 20.3 Å². The van der Waals surface area contributed by atoms with E-state index in [9.17, 15) is 4.79 Å². The molecule has 3 fully saturated rings. The number of likely N-dealkylation sites (tertiary alicyclic amines) is 1. The molecule has 2 heteroatoms. The van der Waals surface area contributed by atoms with Gasteiger partial charge >= 0.3 is 0 Å². The minimum absolute atomic E-state index is 0.373. The molecule has 3 atom stereocenters. The van der Waals surface area contributed by atoms with Crippen LogP contribution in [0.3, 0.4) is 0 Å². The Labute approximate surface area is 98.4 Å².